The van der Waals surface area contributed by atoms with Gasteiger partial charge in [0, 0.05) is 13.5 Å². The molecule has 3 nitrogen and oxygen atoms in total. The van der Waals surface area contributed by atoms with E-state index in [0.29, 0.717) is 6.42 Å². The molecule has 22 heavy (non-hydrogen) atoms. The summed E-state index contributed by atoms with van der Waals surface area (Å²) in [6.45, 7) is 1.98. The Hall–Kier alpha value is -2.20. The molecule has 1 atom stereocenters. The zero-order chi connectivity index (χ0) is 15.6. The number of carbonyl (C=O) groups is 1. The second kappa shape index (κ2) is 5.89. The maximum atomic E-state index is 12.5. The number of benzene rings is 2. The Morgan fingerprint density at radius 1 is 1.14 bits per heavy atom. The Labute approximate surface area is 134 Å². The molecule has 1 unspecified atom stereocenters. The van der Waals surface area contributed by atoms with Crippen LogP contribution in [0.3, 0.4) is 0 Å². The highest BCUT2D eigenvalue weighted by atomic mass is 32.1. The van der Waals surface area contributed by atoms with Crippen molar-refractivity contribution >= 4 is 27.5 Å². The monoisotopic (exact) mass is 310 g/mol. The summed E-state index contributed by atoms with van der Waals surface area (Å²) in [5, 5.41) is 3.78. The quantitative estimate of drug-likeness (QED) is 0.801. The minimum atomic E-state index is -0.621. The molecule has 3 aromatic rings. The van der Waals surface area contributed by atoms with Crippen molar-refractivity contribution in [2.24, 2.45) is 0 Å². The molecule has 0 fully saturated rings. The molecule has 1 N–H and O–H groups in total. The summed E-state index contributed by atoms with van der Waals surface area (Å²) in [5.74, 6) is 0.0120. The van der Waals surface area contributed by atoms with Crippen molar-refractivity contribution in [2.45, 2.75) is 18.8 Å². The van der Waals surface area contributed by atoms with Crippen LogP contribution in [0, 0.1) is 0 Å². The van der Waals surface area contributed by atoms with E-state index < -0.39 is 5.41 Å². The standard InChI is InChI=1S/C18H18N2OS/c1-18(17(21)19-2,13-8-4-3-5-9-13)12-16-20-14-10-6-7-11-15(14)22-16/h3-11H,12H2,1-2H3,(H,19,21). The minimum Gasteiger partial charge on any atom is -0.358 e. The van der Waals surface area contributed by atoms with Crippen LogP contribution in [0.25, 0.3) is 10.2 Å². The number of hydrogen-bond acceptors (Lipinski definition) is 3. The number of hydrogen-bond donors (Lipinski definition) is 1. The van der Waals surface area contributed by atoms with E-state index in [4.69, 9.17) is 0 Å². The molecule has 112 valence electrons. The van der Waals surface area contributed by atoms with Gasteiger partial charge in [-0.25, -0.2) is 4.98 Å². The second-order valence-corrected chi connectivity index (χ2v) is 6.64. The first-order valence-corrected chi connectivity index (χ1v) is 8.07. The molecule has 0 spiro atoms. The Morgan fingerprint density at radius 3 is 2.50 bits per heavy atom. The van der Waals surface area contributed by atoms with Gasteiger partial charge in [-0.1, -0.05) is 42.5 Å². The van der Waals surface area contributed by atoms with Crippen LogP contribution in [0.15, 0.2) is 54.6 Å². The van der Waals surface area contributed by atoms with Crippen LogP contribution in [0.5, 0.6) is 0 Å². The summed E-state index contributed by atoms with van der Waals surface area (Å²) in [6.07, 6.45) is 0.593. The first kappa shape index (κ1) is 14.7. The van der Waals surface area contributed by atoms with Gasteiger partial charge in [-0.3, -0.25) is 4.79 Å². The third kappa shape index (κ3) is 2.62. The summed E-state index contributed by atoms with van der Waals surface area (Å²) in [4.78, 5) is 17.2. The topological polar surface area (TPSA) is 42.0 Å². The van der Waals surface area contributed by atoms with Crippen LogP contribution >= 0.6 is 11.3 Å². The molecule has 0 radical (unpaired) electrons. The number of likely N-dealkylation sites (N-methyl/N-ethyl adjacent to an activating group) is 1. The summed E-state index contributed by atoms with van der Waals surface area (Å²) in [5.41, 5.74) is 1.38. The van der Waals surface area contributed by atoms with E-state index in [1.807, 2.05) is 55.5 Å². The molecule has 0 aliphatic carbocycles. The maximum Gasteiger partial charge on any atom is 0.230 e. The number of amides is 1. The fourth-order valence-corrected chi connectivity index (χ4v) is 3.82. The van der Waals surface area contributed by atoms with Gasteiger partial charge in [-0.05, 0) is 24.6 Å². The van der Waals surface area contributed by atoms with Gasteiger partial charge >= 0.3 is 0 Å². The van der Waals surface area contributed by atoms with E-state index in [1.165, 1.54) is 0 Å². The number of carbonyl (C=O) groups excluding carboxylic acids is 1. The first-order chi connectivity index (χ1) is 10.6. The molecular weight excluding hydrogens is 292 g/mol. The van der Waals surface area contributed by atoms with E-state index in [0.717, 1.165) is 20.8 Å². The van der Waals surface area contributed by atoms with E-state index in [-0.39, 0.29) is 5.91 Å². The van der Waals surface area contributed by atoms with Crippen molar-refractivity contribution in [2.75, 3.05) is 7.05 Å². The number of aromatic nitrogens is 1. The van der Waals surface area contributed by atoms with Gasteiger partial charge < -0.3 is 5.32 Å². The molecule has 1 heterocycles. The predicted molar refractivity (Wildman–Crippen MR) is 91.2 cm³/mol. The van der Waals surface area contributed by atoms with Crippen LogP contribution in [-0.2, 0) is 16.6 Å². The normalized spacial score (nSPS) is 13.7. The van der Waals surface area contributed by atoms with Crippen molar-refractivity contribution < 1.29 is 4.79 Å². The molecule has 1 aromatic heterocycles. The van der Waals surface area contributed by atoms with Crippen LogP contribution in [-0.4, -0.2) is 17.9 Å². The summed E-state index contributed by atoms with van der Waals surface area (Å²) >= 11 is 1.66. The lowest BCUT2D eigenvalue weighted by atomic mass is 9.79. The van der Waals surface area contributed by atoms with Crippen molar-refractivity contribution in [3.63, 3.8) is 0 Å². The number of para-hydroxylation sites is 1. The maximum absolute atomic E-state index is 12.5. The lowest BCUT2D eigenvalue weighted by Gasteiger charge is -2.27. The van der Waals surface area contributed by atoms with Gasteiger partial charge in [0.2, 0.25) is 5.91 Å². The number of rotatable bonds is 4. The predicted octanol–water partition coefficient (Wildman–Crippen LogP) is 3.54. The average Bonchev–Trinajstić information content (AvgIpc) is 2.96. The first-order valence-electron chi connectivity index (χ1n) is 7.25. The van der Waals surface area contributed by atoms with Crippen LogP contribution in [0.1, 0.15) is 17.5 Å². The molecule has 0 saturated heterocycles. The van der Waals surface area contributed by atoms with E-state index in [9.17, 15) is 4.79 Å². The zero-order valence-corrected chi connectivity index (χ0v) is 13.5. The fourth-order valence-electron chi connectivity index (χ4n) is 2.69. The van der Waals surface area contributed by atoms with Crippen molar-refractivity contribution in [3.8, 4) is 0 Å². The van der Waals surface area contributed by atoms with E-state index in [2.05, 4.69) is 16.4 Å². The lowest BCUT2D eigenvalue weighted by Crippen LogP contribution is -2.42. The van der Waals surface area contributed by atoms with Crippen LogP contribution in [0.4, 0.5) is 0 Å². The van der Waals surface area contributed by atoms with Gasteiger partial charge in [0.05, 0.1) is 20.6 Å². The molecule has 0 saturated carbocycles. The van der Waals surface area contributed by atoms with E-state index in [1.54, 1.807) is 18.4 Å². The molecular formula is C18H18N2OS. The zero-order valence-electron chi connectivity index (χ0n) is 12.7. The molecule has 2 aromatic carbocycles. The summed E-state index contributed by atoms with van der Waals surface area (Å²) in [6, 6.07) is 18.0. The molecule has 3 rings (SSSR count). The Kier molecular flexibility index (Phi) is 3.94. The Bertz CT molecular complexity index is 764. The van der Waals surface area contributed by atoms with Crippen LogP contribution < -0.4 is 5.32 Å². The van der Waals surface area contributed by atoms with Gasteiger partial charge in [-0.15, -0.1) is 11.3 Å². The van der Waals surface area contributed by atoms with Crippen LogP contribution in [0.2, 0.25) is 0 Å². The van der Waals surface area contributed by atoms with Gasteiger partial charge in [-0.2, -0.15) is 0 Å². The summed E-state index contributed by atoms with van der Waals surface area (Å²) < 4.78 is 1.16. The van der Waals surface area contributed by atoms with Crippen molar-refractivity contribution in [1.82, 2.24) is 10.3 Å². The van der Waals surface area contributed by atoms with Gasteiger partial charge in [0.15, 0.2) is 0 Å². The summed E-state index contributed by atoms with van der Waals surface area (Å²) in [7, 11) is 1.68. The molecule has 4 heteroatoms. The lowest BCUT2D eigenvalue weighted by molar-refractivity contribution is -0.125. The number of thiazole rings is 1. The average molecular weight is 310 g/mol. The van der Waals surface area contributed by atoms with Gasteiger partial charge in [0.1, 0.15) is 0 Å². The van der Waals surface area contributed by atoms with Crippen molar-refractivity contribution in [1.29, 1.82) is 0 Å². The van der Waals surface area contributed by atoms with E-state index >= 15 is 0 Å². The highest BCUT2D eigenvalue weighted by Crippen LogP contribution is 2.32. The SMILES string of the molecule is CNC(=O)C(C)(Cc1nc2ccccc2s1)c1ccccc1. The molecule has 0 bridgehead atoms. The van der Waals surface area contributed by atoms with Gasteiger partial charge in [0.25, 0.3) is 0 Å². The minimum absolute atomic E-state index is 0.0120. The smallest absolute Gasteiger partial charge is 0.230 e. The molecule has 0 aliphatic rings. The number of fused-ring (bicyclic) bond motifs is 1. The Morgan fingerprint density at radius 2 is 1.82 bits per heavy atom. The highest BCUT2D eigenvalue weighted by Gasteiger charge is 2.35. The molecule has 0 aliphatic heterocycles. The largest absolute Gasteiger partial charge is 0.358 e. The number of nitrogens with one attached hydrogen (secondary N) is 1. The fraction of sp³-hybridized carbons (Fsp3) is 0.222. The number of nitrogens with zero attached hydrogens (tertiary/aromatic N) is 1. The highest BCUT2D eigenvalue weighted by molar-refractivity contribution is 7.18. The Balaban J connectivity index is 2.01. The second-order valence-electron chi connectivity index (χ2n) is 5.53. The molecule has 1 amide bonds. The third-order valence-corrected chi connectivity index (χ3v) is 5.02. The van der Waals surface area contributed by atoms with Crippen molar-refractivity contribution in [3.05, 3.63) is 65.2 Å². The third-order valence-electron chi connectivity index (χ3n) is 3.98.